The first-order chi connectivity index (χ1) is 60.4. The molecule has 4 heterocycles. The topological polar surface area (TPSA) is 33.3 Å². The average molecular weight is 1530 g/mol. The third kappa shape index (κ3) is 10.8. The van der Waals surface area contributed by atoms with Crippen LogP contribution in [0.5, 0.6) is 0 Å². The molecular weight excluding hydrogens is 1430 g/mol. The molecule has 4 aliphatic rings. The number of nitrogens with zero attached hydrogens (tertiary/aromatic N) is 2. The maximum absolute atomic E-state index is 9.95. The van der Waals surface area contributed by atoms with Gasteiger partial charge in [0.2, 0.25) is 0 Å². The molecule has 5 heteroatoms. The number of fused-ring (bicyclic) bond motifs is 20. The van der Waals surface area contributed by atoms with E-state index in [0.29, 0.717) is 22.5 Å². The van der Waals surface area contributed by atoms with Crippen molar-refractivity contribution in [3.05, 3.63) is 378 Å². The quantitative estimate of drug-likeness (QED) is 0.154. The number of aromatic nitrogens is 1. The summed E-state index contributed by atoms with van der Waals surface area (Å²) in [6.45, 7) is 27.0. The first kappa shape index (κ1) is 63.1. The summed E-state index contributed by atoms with van der Waals surface area (Å²) in [5.74, 6) is 0. The summed E-state index contributed by atoms with van der Waals surface area (Å²) in [6, 6.07) is 101. The highest BCUT2D eigenvalue weighted by Gasteiger charge is 2.52. The molecule has 0 atom stereocenters. The van der Waals surface area contributed by atoms with Gasteiger partial charge in [-0.15, -0.1) is 0 Å². The van der Waals surface area contributed by atoms with Crippen LogP contribution < -0.4 is 26.6 Å². The molecule has 22 rings (SSSR count). The van der Waals surface area contributed by atoms with E-state index in [1.54, 1.807) is 4.57 Å². The first-order valence-corrected chi connectivity index (χ1v) is 41.4. The molecule has 1 N–H and O–H groups in total. The Morgan fingerprint density at radius 2 is 0.814 bits per heavy atom. The van der Waals surface area contributed by atoms with Crippen LogP contribution in [-0.2, 0) is 27.1 Å². The standard InChI is InChI=1S/C113H92BN3O/c1-109(2,3)75-57-72(58-76(65-75)110(4,5)6)73-63-98-105-103(64-73)117(101-48-30-42-89-88-41-29-40-81(107(88)118-108(89)101)71-50-54-95-91(62-71)84-37-21-26-45-94(84)113(95)92-43-24-19-35-82(92)83-36-20-25-44-93(83)113)102-67-79(116-99-46-27-22-38-85(99)86-39-23-28-47-100(86)116)51-55-96(102)114(105)97-56-53-80(74-59-77(111(7,8)9)66-78(60-74)112(10,11)12)104(106(97)115-98)87-52-49-70(68-31-15-13-16-32-68)61-90(87)69-33-17-14-18-34-69/h13-67,115H,1-12H3/i22D,23D,27D,28D,38D,39D,46D,47D. The average Bonchev–Trinajstić information content (AvgIpc) is 1.49. The Bertz CT molecular complexity index is 7600. The van der Waals surface area contributed by atoms with Crippen molar-refractivity contribution in [2.24, 2.45) is 0 Å². The summed E-state index contributed by atoms with van der Waals surface area (Å²) in [4.78, 5) is 2.34. The van der Waals surface area contributed by atoms with Gasteiger partial charge in [0.05, 0.1) is 33.1 Å². The predicted octanol–water partition coefficient (Wildman–Crippen LogP) is 28.6. The van der Waals surface area contributed by atoms with Gasteiger partial charge in [0.25, 0.3) is 6.71 Å². The highest BCUT2D eigenvalue weighted by molar-refractivity contribution is 7.00. The van der Waals surface area contributed by atoms with Crippen molar-refractivity contribution in [1.82, 2.24) is 4.57 Å². The van der Waals surface area contributed by atoms with Crippen LogP contribution in [0.3, 0.4) is 0 Å². The normalized spacial score (nSPS) is 14.6. The minimum absolute atomic E-state index is 0.00148. The van der Waals surface area contributed by atoms with Crippen molar-refractivity contribution in [1.29, 1.82) is 0 Å². The van der Waals surface area contributed by atoms with Gasteiger partial charge in [0.15, 0.2) is 5.58 Å². The highest BCUT2D eigenvalue weighted by atomic mass is 16.3. The van der Waals surface area contributed by atoms with Crippen LogP contribution in [0.2, 0.25) is 0 Å². The first-order valence-electron chi connectivity index (χ1n) is 45.4. The minimum atomic E-state index is -0.531. The second-order valence-electron chi connectivity index (χ2n) is 37.0. The maximum atomic E-state index is 9.95. The van der Waals surface area contributed by atoms with Crippen LogP contribution in [0.1, 0.15) is 139 Å². The third-order valence-corrected chi connectivity index (χ3v) is 25.9. The fourth-order valence-corrected chi connectivity index (χ4v) is 19.9. The lowest BCUT2D eigenvalue weighted by molar-refractivity contribution is 0.568. The summed E-state index contributed by atoms with van der Waals surface area (Å²) in [5, 5.41) is 6.24. The Labute approximate surface area is 704 Å². The van der Waals surface area contributed by atoms with Crippen molar-refractivity contribution < 1.29 is 15.4 Å². The number of hydrogen-bond donors (Lipinski definition) is 1. The van der Waals surface area contributed by atoms with E-state index in [1.165, 1.54) is 66.8 Å². The summed E-state index contributed by atoms with van der Waals surface area (Å²) < 4.78 is 85.8. The Balaban J connectivity index is 0.855. The van der Waals surface area contributed by atoms with E-state index in [4.69, 9.17) is 7.16 Å². The van der Waals surface area contributed by atoms with Gasteiger partial charge in [-0.2, -0.15) is 0 Å². The van der Waals surface area contributed by atoms with E-state index in [1.807, 2.05) is 6.07 Å². The van der Waals surface area contributed by atoms with Gasteiger partial charge in [-0.1, -0.05) is 362 Å². The summed E-state index contributed by atoms with van der Waals surface area (Å²) >= 11 is 0. The molecule has 118 heavy (non-hydrogen) atoms. The van der Waals surface area contributed by atoms with E-state index < -0.39 is 48.4 Å². The molecule has 0 saturated carbocycles. The SMILES string of the molecule is [2H]c1c([2H])c([2H])c2c(c1[2H])c1c([2H])c([2H])c([2H])c([2H])c1n2-c1ccc2c(c1)N(c1cccc3c1oc1c(-c4ccc5c(c4)-c4ccccc4C54c5ccccc5-c5ccccc54)cccc13)c1cc(-c3cc(C(C)(C)C)cc(C(C)(C)C)c3)cc3c1B2c1ccc(-c2cc(C(C)(C)C)cc(C(C)(C)C)c2)c(-c2ccc(-c4ccccc4)cc2-c2ccccc2)c1N3. The van der Waals surface area contributed by atoms with Crippen LogP contribution in [0, 0.1) is 0 Å². The largest absolute Gasteiger partial charge is 0.453 e. The van der Waals surface area contributed by atoms with Crippen LogP contribution in [0.25, 0.3) is 138 Å². The number of rotatable bonds is 8. The van der Waals surface area contributed by atoms with E-state index in [9.17, 15) is 8.22 Å². The summed E-state index contributed by atoms with van der Waals surface area (Å²) in [5.41, 5.74) is 34.5. The molecule has 0 unspecified atom stereocenters. The molecule has 2 aliphatic carbocycles. The van der Waals surface area contributed by atoms with E-state index >= 15 is 0 Å². The zero-order valence-electron chi connectivity index (χ0n) is 76.5. The molecule has 4 nitrogen and oxygen atoms in total. The van der Waals surface area contributed by atoms with Crippen molar-refractivity contribution >= 4 is 95.3 Å². The predicted molar refractivity (Wildman–Crippen MR) is 501 cm³/mol. The van der Waals surface area contributed by atoms with Crippen molar-refractivity contribution in [2.45, 2.75) is 110 Å². The third-order valence-electron chi connectivity index (χ3n) is 25.9. The van der Waals surface area contributed by atoms with Gasteiger partial charge in [0, 0.05) is 61.1 Å². The molecule has 18 aromatic rings. The lowest BCUT2D eigenvalue weighted by Gasteiger charge is -2.42. The Hall–Kier alpha value is -13.2. The van der Waals surface area contributed by atoms with E-state index in [-0.39, 0.29) is 55.6 Å². The number of furan rings is 1. The highest BCUT2D eigenvalue weighted by Crippen LogP contribution is 2.64. The molecule has 16 aromatic carbocycles. The van der Waals surface area contributed by atoms with Crippen molar-refractivity contribution in [3.8, 4) is 94.7 Å². The van der Waals surface area contributed by atoms with Gasteiger partial charge < -0.3 is 19.2 Å². The monoisotopic (exact) mass is 1530 g/mol. The van der Waals surface area contributed by atoms with Crippen molar-refractivity contribution in [2.75, 3.05) is 10.2 Å². The Morgan fingerprint density at radius 1 is 0.322 bits per heavy atom. The molecule has 0 saturated heterocycles. The number of hydrogen-bond acceptors (Lipinski definition) is 3. The zero-order valence-corrected chi connectivity index (χ0v) is 68.5. The van der Waals surface area contributed by atoms with Gasteiger partial charge >= 0.3 is 0 Å². The molecule has 2 aromatic heterocycles. The van der Waals surface area contributed by atoms with Crippen LogP contribution in [0.15, 0.2) is 338 Å². The van der Waals surface area contributed by atoms with Gasteiger partial charge in [-0.3, -0.25) is 0 Å². The van der Waals surface area contributed by atoms with Gasteiger partial charge in [-0.25, -0.2) is 0 Å². The molecule has 1 spiro atoms. The van der Waals surface area contributed by atoms with Crippen LogP contribution in [-0.4, -0.2) is 11.3 Å². The smallest absolute Gasteiger partial charge is 0.252 e. The molecule has 0 amide bonds. The summed E-state index contributed by atoms with van der Waals surface area (Å²) in [6.07, 6.45) is 0. The lowest BCUT2D eigenvalue weighted by Crippen LogP contribution is -2.60. The minimum Gasteiger partial charge on any atom is -0.453 e. The van der Waals surface area contributed by atoms with E-state index in [0.717, 1.165) is 117 Å². The number of anilines is 5. The van der Waals surface area contributed by atoms with Crippen molar-refractivity contribution in [3.63, 3.8) is 0 Å². The number of nitrogens with one attached hydrogen (secondary N) is 1. The molecular formula is C113H92BN3O. The fourth-order valence-electron chi connectivity index (χ4n) is 19.9. The van der Waals surface area contributed by atoms with Gasteiger partial charge in [-0.05, 0) is 215 Å². The molecule has 568 valence electrons. The number of benzene rings is 16. The Kier molecular flexibility index (Phi) is 13.8. The zero-order chi connectivity index (χ0) is 87.2. The van der Waals surface area contributed by atoms with Crippen LogP contribution in [0.4, 0.5) is 28.4 Å². The fraction of sp³-hybridized carbons (Fsp3) is 0.150. The number of para-hydroxylation sites is 4. The lowest BCUT2D eigenvalue weighted by atomic mass is 9.33. The Morgan fingerprint density at radius 3 is 1.42 bits per heavy atom. The van der Waals surface area contributed by atoms with Crippen LogP contribution >= 0.6 is 0 Å². The molecule has 0 fully saturated rings. The van der Waals surface area contributed by atoms with Gasteiger partial charge in [0.1, 0.15) is 5.58 Å². The van der Waals surface area contributed by atoms with E-state index in [2.05, 4.69) is 372 Å². The summed E-state index contributed by atoms with van der Waals surface area (Å²) in [7, 11) is 0. The second-order valence-corrected chi connectivity index (χ2v) is 37.0. The second kappa shape index (κ2) is 25.9. The molecule has 2 aliphatic heterocycles. The maximum Gasteiger partial charge on any atom is 0.252 e. The molecule has 0 bridgehead atoms. The molecule has 0 radical (unpaired) electrons.